The number of aromatic amines is 1. The number of aryl methyl sites for hydroxylation is 1. The first-order valence-electron chi connectivity index (χ1n) is 9.79. The molecule has 146 valence electrons. The first-order chi connectivity index (χ1) is 14.7. The van der Waals surface area contributed by atoms with E-state index in [0.717, 1.165) is 55.9 Å². The van der Waals surface area contributed by atoms with Crippen LogP contribution in [0.25, 0.3) is 44.7 Å². The number of nitrogens with one attached hydrogen (secondary N) is 1. The minimum Gasteiger partial charge on any atom is -0.392 e. The molecule has 0 aliphatic carbocycles. The van der Waals surface area contributed by atoms with Crippen LogP contribution in [0.3, 0.4) is 0 Å². The molecule has 0 unspecified atom stereocenters. The highest BCUT2D eigenvalue weighted by Crippen LogP contribution is 2.33. The Balaban J connectivity index is 1.65. The molecule has 4 aromatic heterocycles. The van der Waals surface area contributed by atoms with Gasteiger partial charge in [-0.1, -0.05) is 30.3 Å². The van der Waals surface area contributed by atoms with Gasteiger partial charge in [0.05, 0.1) is 18.0 Å². The zero-order valence-electron chi connectivity index (χ0n) is 16.5. The van der Waals surface area contributed by atoms with Gasteiger partial charge in [-0.3, -0.25) is 9.97 Å². The molecule has 0 aliphatic rings. The monoisotopic (exact) mass is 392 g/mol. The van der Waals surface area contributed by atoms with Crippen LogP contribution >= 0.6 is 0 Å². The zero-order chi connectivity index (χ0) is 20.5. The Hall–Kier alpha value is -3.83. The molecule has 0 aliphatic heterocycles. The van der Waals surface area contributed by atoms with Gasteiger partial charge < -0.3 is 10.1 Å². The molecule has 5 nitrogen and oxygen atoms in total. The summed E-state index contributed by atoms with van der Waals surface area (Å²) in [7, 11) is 0. The molecule has 1 aromatic carbocycles. The molecular weight excluding hydrogens is 372 g/mol. The van der Waals surface area contributed by atoms with Crippen molar-refractivity contribution >= 4 is 11.0 Å². The summed E-state index contributed by atoms with van der Waals surface area (Å²) in [5.74, 6) is 0. The van der Waals surface area contributed by atoms with Crippen molar-refractivity contribution in [2.75, 3.05) is 0 Å². The Morgan fingerprint density at radius 2 is 1.67 bits per heavy atom. The van der Waals surface area contributed by atoms with Crippen LogP contribution in [0.4, 0.5) is 0 Å². The van der Waals surface area contributed by atoms with E-state index in [1.54, 1.807) is 0 Å². The molecular formula is C25H20N4O. The van der Waals surface area contributed by atoms with Crippen molar-refractivity contribution in [3.63, 3.8) is 0 Å². The number of hydrogen-bond acceptors (Lipinski definition) is 4. The first-order valence-corrected chi connectivity index (χ1v) is 9.79. The Morgan fingerprint density at radius 1 is 0.833 bits per heavy atom. The summed E-state index contributed by atoms with van der Waals surface area (Å²) in [4.78, 5) is 17.1. The lowest BCUT2D eigenvalue weighted by atomic mass is 9.99. The van der Waals surface area contributed by atoms with Crippen LogP contribution in [0.5, 0.6) is 0 Å². The second-order valence-corrected chi connectivity index (χ2v) is 7.28. The normalized spacial score (nSPS) is 11.1. The van der Waals surface area contributed by atoms with Crippen molar-refractivity contribution in [2.24, 2.45) is 0 Å². The molecule has 5 rings (SSSR count). The fourth-order valence-electron chi connectivity index (χ4n) is 3.64. The quantitative estimate of drug-likeness (QED) is 0.443. The summed E-state index contributed by atoms with van der Waals surface area (Å²) in [6.07, 6.45) is 5.64. The lowest BCUT2D eigenvalue weighted by molar-refractivity contribution is 0.282. The van der Waals surface area contributed by atoms with Gasteiger partial charge in [-0.05, 0) is 53.9 Å². The summed E-state index contributed by atoms with van der Waals surface area (Å²) < 4.78 is 0. The van der Waals surface area contributed by atoms with Crippen molar-refractivity contribution in [3.05, 3.63) is 90.5 Å². The van der Waals surface area contributed by atoms with Gasteiger partial charge in [0.15, 0.2) is 0 Å². The minimum atomic E-state index is 0.0385. The van der Waals surface area contributed by atoms with Gasteiger partial charge in [0, 0.05) is 40.8 Å². The summed E-state index contributed by atoms with van der Waals surface area (Å²) in [5.41, 5.74) is 8.48. The van der Waals surface area contributed by atoms with E-state index in [4.69, 9.17) is 4.98 Å². The molecule has 0 spiro atoms. The predicted molar refractivity (Wildman–Crippen MR) is 119 cm³/mol. The number of hydrogen-bond donors (Lipinski definition) is 2. The highest BCUT2D eigenvalue weighted by Gasteiger charge is 2.12. The van der Waals surface area contributed by atoms with Gasteiger partial charge in [0.25, 0.3) is 0 Å². The van der Waals surface area contributed by atoms with E-state index in [1.807, 2.05) is 74.0 Å². The summed E-state index contributed by atoms with van der Waals surface area (Å²) in [6, 6.07) is 20.1. The third-order valence-electron chi connectivity index (χ3n) is 5.20. The van der Waals surface area contributed by atoms with E-state index in [1.165, 1.54) is 0 Å². The van der Waals surface area contributed by atoms with E-state index in [2.05, 4.69) is 27.1 Å². The van der Waals surface area contributed by atoms with Gasteiger partial charge in [0.1, 0.15) is 5.65 Å². The Morgan fingerprint density at radius 3 is 2.47 bits per heavy atom. The maximum absolute atomic E-state index is 9.28. The molecule has 0 saturated heterocycles. The molecule has 5 heteroatoms. The molecule has 0 amide bonds. The highest BCUT2D eigenvalue weighted by molar-refractivity contribution is 5.95. The minimum absolute atomic E-state index is 0.0385. The third-order valence-corrected chi connectivity index (χ3v) is 5.20. The van der Waals surface area contributed by atoms with Gasteiger partial charge >= 0.3 is 0 Å². The van der Waals surface area contributed by atoms with Crippen LogP contribution in [-0.2, 0) is 6.61 Å². The van der Waals surface area contributed by atoms with Crippen molar-refractivity contribution in [1.29, 1.82) is 0 Å². The van der Waals surface area contributed by atoms with Gasteiger partial charge in [0.2, 0.25) is 0 Å². The molecule has 0 fully saturated rings. The van der Waals surface area contributed by atoms with E-state index in [-0.39, 0.29) is 6.61 Å². The Labute approximate surface area is 174 Å². The van der Waals surface area contributed by atoms with Crippen LogP contribution in [0.2, 0.25) is 0 Å². The number of aromatic nitrogens is 4. The van der Waals surface area contributed by atoms with Crippen molar-refractivity contribution in [3.8, 4) is 33.6 Å². The molecule has 5 aromatic rings. The lowest BCUT2D eigenvalue weighted by Crippen LogP contribution is -1.93. The second kappa shape index (κ2) is 7.54. The highest BCUT2D eigenvalue weighted by atomic mass is 16.3. The zero-order valence-corrected chi connectivity index (χ0v) is 16.5. The largest absolute Gasteiger partial charge is 0.392 e. The smallest absolute Gasteiger partial charge is 0.138 e. The molecule has 30 heavy (non-hydrogen) atoms. The second-order valence-electron chi connectivity index (χ2n) is 7.28. The maximum Gasteiger partial charge on any atom is 0.138 e. The standard InChI is InChI=1S/C25H20N4O/c1-16-3-2-4-23(28-16)24-12-22(21-9-10-27-25(21)29-24)20-11-19(13-26-14-20)18-7-5-17(15-30)6-8-18/h2-14,30H,15H2,1H3,(H,27,29). The fraction of sp³-hybridized carbons (Fsp3) is 0.0800. The lowest BCUT2D eigenvalue weighted by Gasteiger charge is -2.10. The SMILES string of the molecule is Cc1cccc(-c2cc(-c3cncc(-c4ccc(CO)cc4)c3)c3cc[nH]c3n2)n1. The number of pyridine rings is 3. The van der Waals surface area contributed by atoms with Crippen LogP contribution in [-0.4, -0.2) is 25.0 Å². The summed E-state index contributed by atoms with van der Waals surface area (Å²) in [6.45, 7) is 2.02. The number of nitrogens with zero attached hydrogens (tertiary/aromatic N) is 3. The third kappa shape index (κ3) is 3.36. The topological polar surface area (TPSA) is 74.7 Å². The van der Waals surface area contributed by atoms with E-state index >= 15 is 0 Å². The number of rotatable bonds is 4. The van der Waals surface area contributed by atoms with Gasteiger partial charge in [-0.25, -0.2) is 4.98 Å². The Bertz CT molecular complexity index is 1340. The van der Waals surface area contributed by atoms with E-state index in [0.29, 0.717) is 0 Å². The molecule has 0 saturated carbocycles. The van der Waals surface area contributed by atoms with Crippen LogP contribution in [0.1, 0.15) is 11.3 Å². The van der Waals surface area contributed by atoms with Gasteiger partial charge in [-0.15, -0.1) is 0 Å². The molecule has 4 heterocycles. The van der Waals surface area contributed by atoms with Crippen molar-refractivity contribution in [2.45, 2.75) is 13.5 Å². The number of fused-ring (bicyclic) bond motifs is 1. The average Bonchev–Trinajstić information content (AvgIpc) is 3.27. The molecule has 0 radical (unpaired) electrons. The van der Waals surface area contributed by atoms with Crippen LogP contribution in [0, 0.1) is 6.92 Å². The molecule has 0 bridgehead atoms. The van der Waals surface area contributed by atoms with Crippen molar-refractivity contribution < 1.29 is 5.11 Å². The summed E-state index contributed by atoms with van der Waals surface area (Å²) in [5, 5.41) is 10.3. The van der Waals surface area contributed by atoms with E-state index < -0.39 is 0 Å². The van der Waals surface area contributed by atoms with Crippen molar-refractivity contribution in [1.82, 2.24) is 19.9 Å². The Kier molecular flexibility index (Phi) is 4.58. The van der Waals surface area contributed by atoms with Crippen LogP contribution in [0.15, 0.2) is 79.3 Å². The summed E-state index contributed by atoms with van der Waals surface area (Å²) >= 11 is 0. The first kappa shape index (κ1) is 18.2. The number of aliphatic hydroxyl groups excluding tert-OH is 1. The van der Waals surface area contributed by atoms with Crippen LogP contribution < -0.4 is 0 Å². The maximum atomic E-state index is 9.28. The molecule has 2 N–H and O–H groups in total. The number of H-pyrrole nitrogens is 1. The van der Waals surface area contributed by atoms with E-state index in [9.17, 15) is 5.11 Å². The fourth-order valence-corrected chi connectivity index (χ4v) is 3.64. The predicted octanol–water partition coefficient (Wildman–Crippen LogP) is 5.15. The van der Waals surface area contributed by atoms with Gasteiger partial charge in [-0.2, -0.15) is 0 Å². The molecule has 0 atom stereocenters. The average molecular weight is 392 g/mol. The number of aliphatic hydroxyl groups is 1. The number of benzene rings is 1.